The van der Waals surface area contributed by atoms with Crippen LogP contribution in [0.15, 0.2) is 44.9 Å². The molecule has 1 amide bonds. The molecule has 0 saturated heterocycles. The number of hydrogen-bond donors (Lipinski definition) is 1. The molecule has 1 aliphatic rings. The molecule has 0 unspecified atom stereocenters. The van der Waals surface area contributed by atoms with Gasteiger partial charge >= 0.3 is 10.2 Å². The molecule has 8 heteroatoms. The largest absolute Gasteiger partial charge is 0.344 e. The average Bonchev–Trinajstić information content (AvgIpc) is 2.33. The van der Waals surface area contributed by atoms with Gasteiger partial charge in [-0.05, 0) is 25.1 Å². The fraction of sp³-hybridized carbons (Fsp3) is 0.167. The van der Waals surface area contributed by atoms with E-state index in [0.717, 1.165) is 8.78 Å². The van der Waals surface area contributed by atoms with E-state index in [1.807, 2.05) is 6.07 Å². The SMILES string of the molecule is CC1=NS(=O)(=O)N(C)C=C1C(=O)Nc1cccc(Br)c1. The Morgan fingerprint density at radius 2 is 2.10 bits per heavy atom. The number of hydrogen-bond acceptors (Lipinski definition) is 3. The number of anilines is 1. The summed E-state index contributed by atoms with van der Waals surface area (Å²) < 4.78 is 28.3. The van der Waals surface area contributed by atoms with Crippen molar-refractivity contribution < 1.29 is 13.2 Å². The number of nitrogens with one attached hydrogen (secondary N) is 1. The number of carbonyl (C=O) groups excluding carboxylic acids is 1. The topological polar surface area (TPSA) is 78.8 Å². The predicted octanol–water partition coefficient (Wildman–Crippen LogP) is 1.92. The van der Waals surface area contributed by atoms with Gasteiger partial charge in [0.25, 0.3) is 5.91 Å². The van der Waals surface area contributed by atoms with Gasteiger partial charge in [0.15, 0.2) is 0 Å². The van der Waals surface area contributed by atoms with Crippen molar-refractivity contribution in [1.82, 2.24) is 4.31 Å². The van der Waals surface area contributed by atoms with Crippen molar-refractivity contribution in [3.63, 3.8) is 0 Å². The first-order valence-corrected chi connectivity index (χ1v) is 7.82. The summed E-state index contributed by atoms with van der Waals surface area (Å²) in [6.07, 6.45) is 1.25. The molecule has 6 nitrogen and oxygen atoms in total. The summed E-state index contributed by atoms with van der Waals surface area (Å²) in [7, 11) is -2.37. The first-order valence-electron chi connectivity index (χ1n) is 5.63. The van der Waals surface area contributed by atoms with Crippen molar-refractivity contribution in [1.29, 1.82) is 0 Å². The summed E-state index contributed by atoms with van der Waals surface area (Å²) in [4.78, 5) is 12.1. The van der Waals surface area contributed by atoms with Crippen LogP contribution < -0.4 is 5.32 Å². The smallest absolute Gasteiger partial charge is 0.322 e. The van der Waals surface area contributed by atoms with Gasteiger partial charge in [0.05, 0.1) is 11.3 Å². The average molecular weight is 358 g/mol. The van der Waals surface area contributed by atoms with Crippen LogP contribution in [0.5, 0.6) is 0 Å². The van der Waals surface area contributed by atoms with Crippen LogP contribution in [0.4, 0.5) is 5.69 Å². The zero-order valence-corrected chi connectivity index (χ0v) is 13.2. The Bertz CT molecular complexity index is 725. The lowest BCUT2D eigenvalue weighted by atomic mass is 10.1. The van der Waals surface area contributed by atoms with Gasteiger partial charge in [-0.1, -0.05) is 22.0 Å². The summed E-state index contributed by atoms with van der Waals surface area (Å²) >= 11 is 3.31. The fourth-order valence-electron chi connectivity index (χ4n) is 1.62. The first kappa shape index (κ1) is 14.7. The van der Waals surface area contributed by atoms with Gasteiger partial charge < -0.3 is 5.32 Å². The van der Waals surface area contributed by atoms with Crippen LogP contribution in [0.1, 0.15) is 6.92 Å². The van der Waals surface area contributed by atoms with Crippen molar-refractivity contribution in [2.45, 2.75) is 6.92 Å². The Kier molecular flexibility index (Phi) is 3.96. The van der Waals surface area contributed by atoms with Gasteiger partial charge in [0.2, 0.25) is 0 Å². The van der Waals surface area contributed by atoms with Gasteiger partial charge in [-0.15, -0.1) is 4.40 Å². The number of nitrogens with zero attached hydrogens (tertiary/aromatic N) is 2. The van der Waals surface area contributed by atoms with Crippen LogP contribution in [0.25, 0.3) is 0 Å². The minimum atomic E-state index is -3.70. The Morgan fingerprint density at radius 1 is 1.40 bits per heavy atom. The van der Waals surface area contributed by atoms with E-state index in [0.29, 0.717) is 5.69 Å². The monoisotopic (exact) mass is 357 g/mol. The molecule has 0 bridgehead atoms. The van der Waals surface area contributed by atoms with E-state index in [1.54, 1.807) is 18.2 Å². The van der Waals surface area contributed by atoms with Gasteiger partial charge in [-0.2, -0.15) is 8.42 Å². The summed E-state index contributed by atoms with van der Waals surface area (Å²) in [5.74, 6) is -0.411. The highest BCUT2D eigenvalue weighted by molar-refractivity contribution is 9.10. The quantitative estimate of drug-likeness (QED) is 0.877. The van der Waals surface area contributed by atoms with Crippen molar-refractivity contribution in [2.75, 3.05) is 12.4 Å². The molecule has 20 heavy (non-hydrogen) atoms. The van der Waals surface area contributed by atoms with Crippen LogP contribution in [-0.2, 0) is 15.0 Å². The van der Waals surface area contributed by atoms with Crippen molar-refractivity contribution >= 4 is 43.4 Å². The molecule has 1 aliphatic heterocycles. The molecule has 0 fully saturated rings. The molecule has 0 radical (unpaired) electrons. The molecule has 1 heterocycles. The molecule has 1 N–H and O–H groups in total. The van der Waals surface area contributed by atoms with Crippen molar-refractivity contribution in [3.8, 4) is 0 Å². The van der Waals surface area contributed by atoms with E-state index in [-0.39, 0.29) is 11.3 Å². The van der Waals surface area contributed by atoms with Crippen LogP contribution in [0.2, 0.25) is 0 Å². The molecule has 1 aromatic rings. The van der Waals surface area contributed by atoms with Gasteiger partial charge in [-0.3, -0.25) is 9.10 Å². The van der Waals surface area contributed by atoms with E-state index in [2.05, 4.69) is 25.6 Å². The highest BCUT2D eigenvalue weighted by Gasteiger charge is 2.25. The lowest BCUT2D eigenvalue weighted by molar-refractivity contribution is -0.112. The molecular weight excluding hydrogens is 346 g/mol. The molecule has 0 spiro atoms. The van der Waals surface area contributed by atoms with E-state index >= 15 is 0 Å². The summed E-state index contributed by atoms with van der Waals surface area (Å²) in [5.41, 5.74) is 0.979. The van der Waals surface area contributed by atoms with Crippen LogP contribution in [0, 0.1) is 0 Å². The number of benzene rings is 1. The van der Waals surface area contributed by atoms with E-state index in [9.17, 15) is 13.2 Å². The second-order valence-electron chi connectivity index (χ2n) is 4.18. The van der Waals surface area contributed by atoms with Crippen molar-refractivity contribution in [2.24, 2.45) is 4.40 Å². The highest BCUT2D eigenvalue weighted by atomic mass is 79.9. The van der Waals surface area contributed by atoms with Crippen LogP contribution in [-0.4, -0.2) is 31.4 Å². The molecule has 0 aromatic heterocycles. The van der Waals surface area contributed by atoms with Gasteiger partial charge in [-0.25, -0.2) is 0 Å². The standard InChI is InChI=1S/C12H12BrN3O3S/c1-8-11(7-16(2)20(18,19)15-8)12(17)14-10-5-3-4-9(13)6-10/h3-7H,1-2H3,(H,14,17). The van der Waals surface area contributed by atoms with E-state index in [4.69, 9.17) is 0 Å². The zero-order valence-electron chi connectivity index (χ0n) is 10.8. The zero-order chi connectivity index (χ0) is 14.9. The Morgan fingerprint density at radius 3 is 2.75 bits per heavy atom. The summed E-state index contributed by atoms with van der Waals surface area (Å²) in [6.45, 7) is 1.48. The molecular formula is C12H12BrN3O3S. The third kappa shape index (κ3) is 3.07. The lowest BCUT2D eigenvalue weighted by Crippen LogP contribution is -2.30. The normalized spacial score (nSPS) is 17.2. The number of halogens is 1. The van der Waals surface area contributed by atoms with E-state index < -0.39 is 16.1 Å². The van der Waals surface area contributed by atoms with E-state index in [1.165, 1.54) is 20.2 Å². The lowest BCUT2D eigenvalue weighted by Gasteiger charge is -2.19. The molecule has 0 saturated carbocycles. The van der Waals surface area contributed by atoms with Gasteiger partial charge in [0, 0.05) is 23.4 Å². The second-order valence-corrected chi connectivity index (χ2v) is 6.75. The van der Waals surface area contributed by atoms with Gasteiger partial charge in [0.1, 0.15) is 0 Å². The minimum absolute atomic E-state index is 0.163. The first-order chi connectivity index (χ1) is 9.29. The third-order valence-electron chi connectivity index (χ3n) is 2.64. The number of carbonyl (C=O) groups is 1. The minimum Gasteiger partial charge on any atom is -0.322 e. The van der Waals surface area contributed by atoms with Crippen LogP contribution >= 0.6 is 15.9 Å². The molecule has 0 atom stereocenters. The van der Waals surface area contributed by atoms with Crippen molar-refractivity contribution in [3.05, 3.63) is 40.5 Å². The Hall–Kier alpha value is -1.67. The Labute approximate surface area is 125 Å². The number of amides is 1. The molecule has 0 aliphatic carbocycles. The Balaban J connectivity index is 2.25. The number of rotatable bonds is 2. The fourth-order valence-corrected chi connectivity index (χ4v) is 2.83. The maximum Gasteiger partial charge on any atom is 0.344 e. The molecule has 2 rings (SSSR count). The molecule has 1 aromatic carbocycles. The maximum atomic E-state index is 12.1. The third-order valence-corrected chi connectivity index (χ3v) is 4.48. The summed E-state index contributed by atoms with van der Waals surface area (Å²) in [6, 6.07) is 7.10. The molecule has 106 valence electrons. The van der Waals surface area contributed by atoms with Crippen LogP contribution in [0.3, 0.4) is 0 Å². The highest BCUT2D eigenvalue weighted by Crippen LogP contribution is 2.19. The predicted molar refractivity (Wildman–Crippen MR) is 80.6 cm³/mol. The summed E-state index contributed by atoms with van der Waals surface area (Å²) in [5, 5.41) is 2.69. The maximum absolute atomic E-state index is 12.1. The second kappa shape index (κ2) is 5.37.